The second-order valence-electron chi connectivity index (χ2n) is 6.30. The number of benzene rings is 2. The molecule has 10 heteroatoms. The molecule has 9 nitrogen and oxygen atoms in total. The molecule has 0 bridgehead atoms. The van der Waals surface area contributed by atoms with Crippen LogP contribution >= 0.6 is 15.9 Å². The Balaban J connectivity index is 1.80. The molecule has 4 N–H and O–H groups in total. The normalized spacial score (nSPS) is 10.5. The monoisotopic (exact) mass is 473 g/mol. The maximum atomic E-state index is 12.2. The van der Waals surface area contributed by atoms with Crippen molar-refractivity contribution < 1.29 is 19.1 Å². The number of halogens is 1. The van der Waals surface area contributed by atoms with E-state index in [0.29, 0.717) is 33.8 Å². The van der Waals surface area contributed by atoms with Crippen LogP contribution in [-0.4, -0.2) is 40.4 Å². The van der Waals surface area contributed by atoms with Gasteiger partial charge in [0.15, 0.2) is 23.8 Å². The highest BCUT2D eigenvalue weighted by Gasteiger charge is 2.21. The van der Waals surface area contributed by atoms with Crippen molar-refractivity contribution in [2.45, 2.75) is 13.8 Å². The van der Waals surface area contributed by atoms with Crippen molar-refractivity contribution in [2.24, 2.45) is 5.73 Å². The first-order valence-corrected chi connectivity index (χ1v) is 9.85. The molecule has 156 valence electrons. The molecular formula is C20H20BrN5O4. The number of primary amides is 1. The first kappa shape index (κ1) is 21.3. The summed E-state index contributed by atoms with van der Waals surface area (Å²) in [4.78, 5) is 23.8. The highest BCUT2D eigenvalue weighted by atomic mass is 79.9. The Kier molecular flexibility index (Phi) is 6.68. The topological polar surface area (TPSA) is 132 Å². The van der Waals surface area contributed by atoms with Crippen molar-refractivity contribution in [3.63, 3.8) is 0 Å². The van der Waals surface area contributed by atoms with E-state index >= 15 is 0 Å². The van der Waals surface area contributed by atoms with E-state index in [0.717, 1.165) is 5.56 Å². The van der Waals surface area contributed by atoms with Gasteiger partial charge in [-0.15, -0.1) is 0 Å². The summed E-state index contributed by atoms with van der Waals surface area (Å²) in [6.07, 6.45) is 0. The number of nitrogens with one attached hydrogen (secondary N) is 2. The molecule has 1 aromatic heterocycles. The van der Waals surface area contributed by atoms with E-state index in [4.69, 9.17) is 15.2 Å². The van der Waals surface area contributed by atoms with Crippen LogP contribution in [0.3, 0.4) is 0 Å². The zero-order valence-corrected chi connectivity index (χ0v) is 17.9. The van der Waals surface area contributed by atoms with E-state index in [-0.39, 0.29) is 23.9 Å². The van der Waals surface area contributed by atoms with Crippen LogP contribution in [-0.2, 0) is 4.79 Å². The van der Waals surface area contributed by atoms with Crippen LogP contribution in [0, 0.1) is 6.92 Å². The van der Waals surface area contributed by atoms with Crippen LogP contribution in [0.25, 0.3) is 11.3 Å². The second-order valence-corrected chi connectivity index (χ2v) is 7.15. The summed E-state index contributed by atoms with van der Waals surface area (Å²) in [5.74, 6) is -0.279. The molecule has 0 aliphatic carbocycles. The molecule has 3 rings (SSSR count). The number of hydrogen-bond donors (Lipinski definition) is 3. The first-order chi connectivity index (χ1) is 14.4. The van der Waals surface area contributed by atoms with Crippen LogP contribution < -0.4 is 20.5 Å². The molecule has 0 saturated carbocycles. The van der Waals surface area contributed by atoms with Crippen molar-refractivity contribution in [1.29, 1.82) is 0 Å². The van der Waals surface area contributed by atoms with Crippen LogP contribution in [0.5, 0.6) is 11.5 Å². The Bertz CT molecular complexity index is 1070. The van der Waals surface area contributed by atoms with E-state index in [1.165, 1.54) is 0 Å². The Labute approximate surface area is 181 Å². The number of aryl methyl sites for hydroxylation is 1. The lowest BCUT2D eigenvalue weighted by Gasteiger charge is -2.14. The number of amides is 2. The summed E-state index contributed by atoms with van der Waals surface area (Å²) in [6, 6.07) is 10.7. The minimum absolute atomic E-state index is 0.00397. The van der Waals surface area contributed by atoms with Gasteiger partial charge in [-0.05, 0) is 54.0 Å². The largest absolute Gasteiger partial charge is 0.490 e. The molecule has 3 aromatic rings. The molecule has 0 aliphatic rings. The fourth-order valence-corrected chi connectivity index (χ4v) is 3.18. The molecule has 0 unspecified atom stereocenters. The second kappa shape index (κ2) is 9.40. The van der Waals surface area contributed by atoms with Crippen LogP contribution in [0.15, 0.2) is 40.9 Å². The maximum Gasteiger partial charge on any atom is 0.271 e. The lowest BCUT2D eigenvalue weighted by molar-refractivity contribution is -0.118. The van der Waals surface area contributed by atoms with Gasteiger partial charge in [0.05, 0.1) is 6.61 Å². The van der Waals surface area contributed by atoms with Gasteiger partial charge in [0.2, 0.25) is 0 Å². The fourth-order valence-electron chi connectivity index (χ4n) is 2.67. The van der Waals surface area contributed by atoms with Gasteiger partial charge < -0.3 is 20.5 Å². The van der Waals surface area contributed by atoms with Gasteiger partial charge in [0, 0.05) is 15.7 Å². The summed E-state index contributed by atoms with van der Waals surface area (Å²) in [6.45, 7) is 3.95. The molecule has 0 atom stereocenters. The number of aromatic nitrogens is 3. The molecule has 0 spiro atoms. The molecule has 2 amide bonds. The quantitative estimate of drug-likeness (QED) is 0.460. The van der Waals surface area contributed by atoms with Crippen molar-refractivity contribution in [2.75, 3.05) is 18.5 Å². The van der Waals surface area contributed by atoms with Gasteiger partial charge >= 0.3 is 0 Å². The van der Waals surface area contributed by atoms with Gasteiger partial charge in [-0.2, -0.15) is 15.4 Å². The predicted molar refractivity (Wildman–Crippen MR) is 115 cm³/mol. The number of nitrogens with two attached hydrogens (primary N) is 1. The van der Waals surface area contributed by atoms with Crippen molar-refractivity contribution >= 4 is 33.4 Å². The van der Waals surface area contributed by atoms with Gasteiger partial charge in [-0.25, -0.2) is 0 Å². The van der Waals surface area contributed by atoms with Crippen LogP contribution in [0.1, 0.15) is 23.0 Å². The van der Waals surface area contributed by atoms with E-state index in [1.54, 1.807) is 12.1 Å². The molecule has 2 aromatic carbocycles. The Morgan fingerprint density at radius 1 is 1.13 bits per heavy atom. The van der Waals surface area contributed by atoms with E-state index in [1.807, 2.05) is 38.1 Å². The number of ether oxygens (including phenoxy) is 2. The van der Waals surface area contributed by atoms with Crippen molar-refractivity contribution in [3.8, 4) is 22.8 Å². The smallest absolute Gasteiger partial charge is 0.271 e. The zero-order valence-electron chi connectivity index (χ0n) is 16.4. The Hall–Kier alpha value is -3.40. The number of H-pyrrole nitrogens is 1. The van der Waals surface area contributed by atoms with E-state index < -0.39 is 5.91 Å². The number of carbonyl (C=O) groups is 2. The Morgan fingerprint density at radius 2 is 1.83 bits per heavy atom. The third-order valence-corrected chi connectivity index (χ3v) is 4.72. The number of rotatable bonds is 8. The Morgan fingerprint density at radius 3 is 2.50 bits per heavy atom. The molecule has 1 heterocycles. The van der Waals surface area contributed by atoms with Crippen LogP contribution in [0.2, 0.25) is 0 Å². The van der Waals surface area contributed by atoms with Gasteiger partial charge in [-0.3, -0.25) is 9.59 Å². The highest BCUT2D eigenvalue weighted by molar-refractivity contribution is 9.10. The highest BCUT2D eigenvalue weighted by Crippen LogP contribution is 2.39. The summed E-state index contributed by atoms with van der Waals surface area (Å²) in [5.41, 5.74) is 7.95. The van der Waals surface area contributed by atoms with Crippen LogP contribution in [0.4, 0.5) is 5.69 Å². The fraction of sp³-hybridized carbons (Fsp3) is 0.200. The van der Waals surface area contributed by atoms with Gasteiger partial charge in [0.25, 0.3) is 11.8 Å². The van der Waals surface area contributed by atoms with Gasteiger partial charge in [-0.1, -0.05) is 17.7 Å². The summed E-state index contributed by atoms with van der Waals surface area (Å²) >= 11 is 3.43. The summed E-state index contributed by atoms with van der Waals surface area (Å²) in [7, 11) is 0. The molecule has 0 saturated heterocycles. The lowest BCUT2D eigenvalue weighted by Crippen LogP contribution is -2.20. The SMILES string of the molecule is CCOc1cc(-c2n[nH]nc2C(N)=O)c(Br)cc1OCC(=O)Nc1ccc(C)cc1. The lowest BCUT2D eigenvalue weighted by atomic mass is 10.1. The van der Waals surface area contributed by atoms with Crippen molar-refractivity contribution in [3.05, 3.63) is 52.1 Å². The molecular weight excluding hydrogens is 454 g/mol. The molecule has 30 heavy (non-hydrogen) atoms. The van der Waals surface area contributed by atoms with Gasteiger partial charge in [0.1, 0.15) is 5.69 Å². The minimum atomic E-state index is -0.711. The summed E-state index contributed by atoms with van der Waals surface area (Å²) in [5, 5.41) is 12.9. The van der Waals surface area contributed by atoms with Crippen molar-refractivity contribution in [1.82, 2.24) is 15.4 Å². The van der Waals surface area contributed by atoms with E-state index in [2.05, 4.69) is 36.7 Å². The third kappa shape index (κ3) is 4.95. The average Bonchev–Trinajstić information content (AvgIpc) is 3.20. The third-order valence-electron chi connectivity index (χ3n) is 4.06. The predicted octanol–water partition coefficient (Wildman–Crippen LogP) is 3.06. The number of aromatic amines is 1. The standard InChI is InChI=1S/C20H20BrN5O4/c1-3-29-15-8-13(18-19(20(22)28)25-26-24-18)14(21)9-16(15)30-10-17(27)23-12-6-4-11(2)5-7-12/h4-9H,3,10H2,1-2H3,(H2,22,28)(H,23,27)(H,24,25,26). The number of carbonyl (C=O) groups excluding carboxylic acids is 2. The molecule has 0 aliphatic heterocycles. The molecule has 0 fully saturated rings. The summed E-state index contributed by atoms with van der Waals surface area (Å²) < 4.78 is 11.9. The van der Waals surface area contributed by atoms with E-state index in [9.17, 15) is 9.59 Å². The molecule has 0 radical (unpaired) electrons. The number of nitrogens with zero attached hydrogens (tertiary/aromatic N) is 2. The average molecular weight is 474 g/mol. The number of hydrogen-bond acceptors (Lipinski definition) is 6. The zero-order chi connectivity index (χ0) is 21.7. The minimum Gasteiger partial charge on any atom is -0.490 e. The first-order valence-electron chi connectivity index (χ1n) is 9.05. The number of anilines is 1. The maximum absolute atomic E-state index is 12.2.